The van der Waals surface area contributed by atoms with Crippen molar-refractivity contribution in [1.29, 1.82) is 0 Å². The van der Waals surface area contributed by atoms with E-state index in [1.54, 1.807) is 6.07 Å². The molecule has 0 radical (unpaired) electrons. The Labute approximate surface area is 175 Å². The van der Waals surface area contributed by atoms with Gasteiger partial charge in [-0.2, -0.15) is 4.98 Å². The van der Waals surface area contributed by atoms with Crippen LogP contribution in [0.15, 0.2) is 53.1 Å². The molecule has 1 heterocycles. The Hall–Kier alpha value is -2.70. The van der Waals surface area contributed by atoms with Crippen molar-refractivity contribution >= 4 is 17.5 Å². The van der Waals surface area contributed by atoms with Crippen molar-refractivity contribution in [2.75, 3.05) is 6.61 Å². The second-order valence-electron chi connectivity index (χ2n) is 7.19. The lowest BCUT2D eigenvalue weighted by molar-refractivity contribution is -0.127. The number of amides is 1. The maximum atomic E-state index is 12.3. The van der Waals surface area contributed by atoms with Crippen molar-refractivity contribution in [3.8, 4) is 11.4 Å². The summed E-state index contributed by atoms with van der Waals surface area (Å²) >= 11 is 6.19. The largest absolute Gasteiger partial charge is 0.367 e. The number of nitrogens with zero attached hydrogens (tertiary/aromatic N) is 2. The predicted octanol–water partition coefficient (Wildman–Crippen LogP) is 4.73. The van der Waals surface area contributed by atoms with Crippen LogP contribution >= 0.6 is 11.6 Å². The van der Waals surface area contributed by atoms with E-state index in [4.69, 9.17) is 20.9 Å². The number of halogens is 1. The third-order valence-electron chi connectivity index (χ3n) is 4.47. The molecule has 2 aromatic carbocycles. The average molecular weight is 414 g/mol. The fourth-order valence-corrected chi connectivity index (χ4v) is 2.96. The Morgan fingerprint density at radius 1 is 1.21 bits per heavy atom. The average Bonchev–Trinajstić information content (AvgIpc) is 3.18. The van der Waals surface area contributed by atoms with Crippen LogP contribution in [0.1, 0.15) is 36.9 Å². The lowest BCUT2D eigenvalue weighted by Crippen LogP contribution is -2.34. The lowest BCUT2D eigenvalue weighted by atomic mass is 10.0. The molecule has 1 N–H and O–H groups in total. The van der Waals surface area contributed by atoms with Crippen molar-refractivity contribution in [3.05, 3.63) is 70.6 Å². The number of hydrogen-bond acceptors (Lipinski definition) is 5. The zero-order valence-corrected chi connectivity index (χ0v) is 17.4. The minimum absolute atomic E-state index is 0.0489. The molecule has 0 unspecified atom stereocenters. The molecular formula is C22H24ClN3O3. The third-order valence-corrected chi connectivity index (χ3v) is 4.87. The van der Waals surface area contributed by atoms with E-state index in [0.29, 0.717) is 23.3 Å². The fraction of sp³-hybridized carbons (Fsp3) is 0.318. The minimum Gasteiger partial charge on any atom is -0.367 e. The summed E-state index contributed by atoms with van der Waals surface area (Å²) in [5, 5.41) is 7.60. The van der Waals surface area contributed by atoms with Gasteiger partial charge in [-0.05, 0) is 30.0 Å². The first kappa shape index (κ1) is 21.0. The Kier molecular flexibility index (Phi) is 7.01. The molecule has 152 valence electrons. The van der Waals surface area contributed by atoms with E-state index in [1.807, 2.05) is 63.2 Å². The monoisotopic (exact) mass is 413 g/mol. The highest BCUT2D eigenvalue weighted by Gasteiger charge is 2.25. The van der Waals surface area contributed by atoms with Gasteiger partial charge in [-0.1, -0.05) is 73.1 Å². The molecule has 0 fully saturated rings. The zero-order chi connectivity index (χ0) is 20.8. The third kappa shape index (κ3) is 5.65. The van der Waals surface area contributed by atoms with Gasteiger partial charge in [0.15, 0.2) is 0 Å². The van der Waals surface area contributed by atoms with Gasteiger partial charge in [-0.25, -0.2) is 0 Å². The second kappa shape index (κ2) is 9.67. The molecule has 1 amide bonds. The smallest absolute Gasteiger partial charge is 0.249 e. The molecular weight excluding hydrogens is 390 g/mol. The molecule has 0 saturated heterocycles. The summed E-state index contributed by atoms with van der Waals surface area (Å²) in [4.78, 5) is 16.8. The van der Waals surface area contributed by atoms with Gasteiger partial charge in [-0.3, -0.25) is 4.79 Å². The van der Waals surface area contributed by atoms with E-state index in [1.165, 1.54) is 0 Å². The number of ether oxygens (including phenoxy) is 1. The van der Waals surface area contributed by atoms with Gasteiger partial charge in [-0.15, -0.1) is 0 Å². The second-order valence-corrected chi connectivity index (χ2v) is 7.59. The van der Waals surface area contributed by atoms with Crippen molar-refractivity contribution < 1.29 is 14.1 Å². The van der Waals surface area contributed by atoms with Crippen LogP contribution in [0.5, 0.6) is 0 Å². The highest BCUT2D eigenvalue weighted by molar-refractivity contribution is 6.31. The van der Waals surface area contributed by atoms with Gasteiger partial charge in [0.1, 0.15) is 12.6 Å². The summed E-state index contributed by atoms with van der Waals surface area (Å²) in [6.07, 6.45) is 0. The molecule has 7 heteroatoms. The summed E-state index contributed by atoms with van der Waals surface area (Å²) in [6.45, 7) is 6.20. The number of benzene rings is 2. The quantitative estimate of drug-likeness (QED) is 0.577. The Morgan fingerprint density at radius 2 is 1.97 bits per heavy atom. The molecule has 29 heavy (non-hydrogen) atoms. The number of rotatable bonds is 8. The summed E-state index contributed by atoms with van der Waals surface area (Å²) in [7, 11) is 0. The predicted molar refractivity (Wildman–Crippen MR) is 111 cm³/mol. The van der Waals surface area contributed by atoms with Crippen molar-refractivity contribution in [2.45, 2.75) is 33.4 Å². The molecule has 0 spiro atoms. The topological polar surface area (TPSA) is 77.2 Å². The van der Waals surface area contributed by atoms with E-state index in [2.05, 4.69) is 15.5 Å². The number of carbonyl (C=O) groups excluding carboxylic acids is 1. The Bertz CT molecular complexity index is 957. The van der Waals surface area contributed by atoms with Crippen LogP contribution in [0, 0.1) is 12.8 Å². The van der Waals surface area contributed by atoms with Crippen LogP contribution in [-0.2, 0) is 16.1 Å². The molecule has 0 bridgehead atoms. The normalized spacial score (nSPS) is 12.2. The van der Waals surface area contributed by atoms with Crippen LogP contribution in [0.3, 0.4) is 0 Å². The van der Waals surface area contributed by atoms with Gasteiger partial charge in [0.05, 0.1) is 6.61 Å². The molecule has 3 rings (SSSR count). The van der Waals surface area contributed by atoms with E-state index in [-0.39, 0.29) is 18.4 Å². The van der Waals surface area contributed by atoms with Crippen molar-refractivity contribution in [3.63, 3.8) is 0 Å². The number of aromatic nitrogens is 2. The van der Waals surface area contributed by atoms with Gasteiger partial charge < -0.3 is 14.6 Å². The molecule has 3 aromatic rings. The highest BCUT2D eigenvalue weighted by Crippen LogP contribution is 2.26. The van der Waals surface area contributed by atoms with Crippen LogP contribution in [0.2, 0.25) is 5.02 Å². The fourth-order valence-electron chi connectivity index (χ4n) is 2.78. The summed E-state index contributed by atoms with van der Waals surface area (Å²) in [6, 6.07) is 14.9. The first-order valence-electron chi connectivity index (χ1n) is 9.45. The van der Waals surface area contributed by atoms with E-state index >= 15 is 0 Å². The van der Waals surface area contributed by atoms with Crippen LogP contribution in [-0.4, -0.2) is 22.7 Å². The summed E-state index contributed by atoms with van der Waals surface area (Å²) in [5.74, 6) is 0.603. The molecule has 1 atom stereocenters. The van der Waals surface area contributed by atoms with E-state index in [0.717, 1.165) is 16.7 Å². The molecule has 0 aliphatic carbocycles. The van der Waals surface area contributed by atoms with Gasteiger partial charge in [0, 0.05) is 10.6 Å². The summed E-state index contributed by atoms with van der Waals surface area (Å²) in [5.41, 5.74) is 2.75. The standard InChI is InChI=1S/C22H24ClN3O3/c1-14(2)20(24-19(27)13-28-12-16-7-5-4-6-8-16)22-25-21(26-29-22)17-10-9-15(3)18(23)11-17/h4-11,14,20H,12-13H2,1-3H3,(H,24,27)/t20-/m0/s1. The van der Waals surface area contributed by atoms with E-state index in [9.17, 15) is 4.79 Å². The minimum atomic E-state index is -0.412. The number of nitrogens with one attached hydrogen (secondary N) is 1. The lowest BCUT2D eigenvalue weighted by Gasteiger charge is -2.18. The number of carbonyl (C=O) groups is 1. The SMILES string of the molecule is Cc1ccc(-c2noc([C@@H](NC(=O)COCc3ccccc3)C(C)C)n2)cc1Cl. The van der Waals surface area contributed by atoms with Crippen molar-refractivity contribution in [1.82, 2.24) is 15.5 Å². The first-order chi connectivity index (χ1) is 13.9. The van der Waals surface area contributed by atoms with Crippen LogP contribution < -0.4 is 5.32 Å². The van der Waals surface area contributed by atoms with Gasteiger partial charge >= 0.3 is 0 Å². The number of hydrogen-bond donors (Lipinski definition) is 1. The van der Waals surface area contributed by atoms with Crippen molar-refractivity contribution in [2.24, 2.45) is 5.92 Å². The number of aryl methyl sites for hydroxylation is 1. The Morgan fingerprint density at radius 3 is 2.66 bits per heavy atom. The Balaban J connectivity index is 1.63. The highest BCUT2D eigenvalue weighted by atomic mass is 35.5. The van der Waals surface area contributed by atoms with Crippen LogP contribution in [0.25, 0.3) is 11.4 Å². The van der Waals surface area contributed by atoms with Crippen LogP contribution in [0.4, 0.5) is 0 Å². The first-order valence-corrected chi connectivity index (χ1v) is 9.83. The molecule has 6 nitrogen and oxygen atoms in total. The molecule has 0 aliphatic rings. The molecule has 0 saturated carbocycles. The van der Waals surface area contributed by atoms with Gasteiger partial charge in [0.2, 0.25) is 17.6 Å². The maximum absolute atomic E-state index is 12.3. The molecule has 0 aliphatic heterocycles. The van der Waals surface area contributed by atoms with Gasteiger partial charge in [0.25, 0.3) is 0 Å². The zero-order valence-electron chi connectivity index (χ0n) is 16.7. The van der Waals surface area contributed by atoms with E-state index < -0.39 is 6.04 Å². The molecule has 1 aromatic heterocycles. The summed E-state index contributed by atoms with van der Waals surface area (Å²) < 4.78 is 10.9. The maximum Gasteiger partial charge on any atom is 0.249 e.